The third-order valence-corrected chi connectivity index (χ3v) is 9.67. The van der Waals surface area contributed by atoms with Crippen molar-refractivity contribution in [2.24, 2.45) is 47.3 Å². The van der Waals surface area contributed by atoms with Gasteiger partial charge in [0.05, 0.1) is 63.2 Å². The summed E-state index contributed by atoms with van der Waals surface area (Å²) in [4.78, 5) is 56.6. The van der Waals surface area contributed by atoms with Crippen molar-refractivity contribution < 1.29 is 28.7 Å². The van der Waals surface area contributed by atoms with Gasteiger partial charge in [0.25, 0.3) is 0 Å². The van der Waals surface area contributed by atoms with Gasteiger partial charge in [0.2, 0.25) is 23.6 Å². The Morgan fingerprint density at radius 3 is 1.30 bits per heavy atom. The molecule has 40 heavy (non-hydrogen) atoms. The smallest absolute Gasteiger partial charge is 0.233 e. The lowest BCUT2D eigenvalue weighted by atomic mass is 9.40. The number of benzene rings is 2. The maximum atomic E-state index is 13.5. The van der Waals surface area contributed by atoms with Crippen molar-refractivity contribution in [3.8, 4) is 0 Å². The minimum Gasteiger partial charge on any atom is -0.375 e. The Morgan fingerprint density at radius 1 is 0.525 bits per heavy atom. The van der Waals surface area contributed by atoms with Crippen LogP contribution in [-0.4, -0.2) is 59.7 Å². The van der Waals surface area contributed by atoms with Crippen LogP contribution in [0.1, 0.15) is 11.1 Å². The number of likely N-dealkylation sites (tertiary alicyclic amines) is 2. The summed E-state index contributed by atoms with van der Waals surface area (Å²) in [6, 6.07) is 19.5. The Hall–Kier alpha value is -3.62. The first-order valence-electron chi connectivity index (χ1n) is 14.2. The molecular weight excluding hydrogens is 508 g/mol. The van der Waals surface area contributed by atoms with Crippen LogP contribution in [-0.2, 0) is 41.9 Å². The van der Waals surface area contributed by atoms with Gasteiger partial charge in [0.1, 0.15) is 0 Å². The molecule has 8 heteroatoms. The normalized spacial score (nSPS) is 33.3. The summed E-state index contributed by atoms with van der Waals surface area (Å²) in [6.45, 7) is 1.82. The molecule has 8 nitrogen and oxygen atoms in total. The maximum absolute atomic E-state index is 13.5. The molecule has 0 radical (unpaired) electrons. The van der Waals surface area contributed by atoms with Gasteiger partial charge in [-0.15, -0.1) is 0 Å². The molecule has 4 amide bonds. The van der Waals surface area contributed by atoms with Crippen LogP contribution < -0.4 is 0 Å². The number of nitrogens with zero attached hydrogens (tertiary/aromatic N) is 2. The van der Waals surface area contributed by atoms with Crippen molar-refractivity contribution in [1.29, 1.82) is 0 Å². The van der Waals surface area contributed by atoms with E-state index in [-0.39, 0.29) is 73.6 Å². The van der Waals surface area contributed by atoms with E-state index in [9.17, 15) is 19.2 Å². The molecule has 2 aliphatic heterocycles. The Kier molecular flexibility index (Phi) is 6.40. The summed E-state index contributed by atoms with van der Waals surface area (Å²) in [5.41, 5.74) is 2.07. The average Bonchev–Trinajstić information content (AvgIpc) is 3.34. The third kappa shape index (κ3) is 3.88. The molecule has 6 aliphatic rings. The summed E-state index contributed by atoms with van der Waals surface area (Å²) in [7, 11) is 0. The number of ether oxygens (including phenoxy) is 2. The SMILES string of the molecule is O=C1[C@@H]2[C@H]3C=C[C@@H]([C@@H]2C(=O)N1CCOCc1ccccc1)[C@H]1[C@H]2C(=O)N(CCOCc4ccccc4)C(=O)[C@@H]2[C@H]31. The monoisotopic (exact) mass is 540 g/mol. The number of carbonyl (C=O) groups excluding carboxylic acids is 4. The Balaban J connectivity index is 0.993. The lowest BCUT2D eigenvalue weighted by molar-refractivity contribution is -0.166. The van der Waals surface area contributed by atoms with Crippen molar-refractivity contribution in [3.63, 3.8) is 0 Å². The highest BCUT2D eigenvalue weighted by atomic mass is 16.5. The second-order valence-corrected chi connectivity index (χ2v) is 11.5. The highest BCUT2D eigenvalue weighted by molar-refractivity contribution is 6.09. The van der Waals surface area contributed by atoms with Gasteiger partial charge in [-0.1, -0.05) is 72.8 Å². The van der Waals surface area contributed by atoms with Crippen molar-refractivity contribution in [1.82, 2.24) is 9.80 Å². The summed E-state index contributed by atoms with van der Waals surface area (Å²) in [5, 5.41) is 0. The molecule has 0 aromatic heterocycles. The molecule has 2 heterocycles. The summed E-state index contributed by atoms with van der Waals surface area (Å²) in [6.07, 6.45) is 4.07. The van der Waals surface area contributed by atoms with Gasteiger partial charge in [-0.3, -0.25) is 29.0 Å². The molecular formula is C32H32N2O6. The van der Waals surface area contributed by atoms with E-state index in [0.29, 0.717) is 13.2 Å². The first kappa shape index (κ1) is 25.4. The van der Waals surface area contributed by atoms with Gasteiger partial charge >= 0.3 is 0 Å². The van der Waals surface area contributed by atoms with Gasteiger partial charge < -0.3 is 9.47 Å². The van der Waals surface area contributed by atoms with E-state index >= 15 is 0 Å². The van der Waals surface area contributed by atoms with E-state index < -0.39 is 23.7 Å². The standard InChI is InChI=1S/C32H32N2O6/c35-29-25-21-11-12-22(26(25)30(36)33(29)13-15-39-17-19-7-3-1-4-8-19)24-23(21)27-28(24)32(38)34(31(27)37)14-16-40-18-20-9-5-2-6-10-20/h1-12,21-28H,13-18H2/t21-,22+,23-,24-,25+,26-,27-,28-/m1/s1. The lowest BCUT2D eigenvalue weighted by Crippen LogP contribution is -2.63. The number of amides is 4. The van der Waals surface area contributed by atoms with Gasteiger partial charge in [-0.05, 0) is 34.8 Å². The molecule has 0 unspecified atom stereocenters. The Labute approximate surface area is 232 Å². The van der Waals surface area contributed by atoms with E-state index in [4.69, 9.17) is 9.47 Å². The van der Waals surface area contributed by atoms with Gasteiger partial charge in [-0.25, -0.2) is 0 Å². The fraction of sp³-hybridized carbons (Fsp3) is 0.438. The number of hydrogen-bond donors (Lipinski definition) is 0. The van der Waals surface area contributed by atoms with Crippen LogP contribution in [0.25, 0.3) is 0 Å². The quantitative estimate of drug-likeness (QED) is 0.261. The molecule has 2 aromatic rings. The molecule has 2 saturated carbocycles. The largest absolute Gasteiger partial charge is 0.375 e. The molecule has 206 valence electrons. The third-order valence-electron chi connectivity index (χ3n) is 9.67. The van der Waals surface area contributed by atoms with Crippen LogP contribution in [0.3, 0.4) is 0 Å². The van der Waals surface area contributed by atoms with Gasteiger partial charge in [0, 0.05) is 0 Å². The van der Waals surface area contributed by atoms with Gasteiger partial charge in [0.15, 0.2) is 0 Å². The van der Waals surface area contributed by atoms with Crippen LogP contribution in [0.4, 0.5) is 0 Å². The molecule has 0 spiro atoms. The van der Waals surface area contributed by atoms with Crippen LogP contribution in [0.15, 0.2) is 72.8 Å². The number of imide groups is 2. The van der Waals surface area contributed by atoms with Crippen LogP contribution in [0.2, 0.25) is 0 Å². The van der Waals surface area contributed by atoms with E-state index in [1.165, 1.54) is 9.80 Å². The molecule has 4 fully saturated rings. The Morgan fingerprint density at radius 2 is 0.900 bits per heavy atom. The molecule has 0 N–H and O–H groups in total. The van der Waals surface area contributed by atoms with Crippen molar-refractivity contribution >= 4 is 23.6 Å². The minimum atomic E-state index is -0.454. The fourth-order valence-electron chi connectivity index (χ4n) is 8.01. The zero-order chi connectivity index (χ0) is 27.4. The van der Waals surface area contributed by atoms with Crippen molar-refractivity contribution in [2.45, 2.75) is 13.2 Å². The summed E-state index contributed by atoms with van der Waals surface area (Å²) >= 11 is 0. The molecule has 2 saturated heterocycles. The fourth-order valence-corrected chi connectivity index (χ4v) is 8.01. The molecule has 2 bridgehead atoms. The number of carbonyl (C=O) groups is 4. The lowest BCUT2D eigenvalue weighted by Gasteiger charge is -2.60. The van der Waals surface area contributed by atoms with Crippen LogP contribution in [0, 0.1) is 47.3 Å². The average molecular weight is 541 g/mol. The first-order valence-corrected chi connectivity index (χ1v) is 14.2. The number of rotatable bonds is 10. The summed E-state index contributed by atoms with van der Waals surface area (Å²) in [5.74, 6) is -2.89. The highest BCUT2D eigenvalue weighted by Crippen LogP contribution is 2.68. The van der Waals surface area contributed by atoms with Crippen LogP contribution in [0.5, 0.6) is 0 Å². The molecule has 2 aromatic carbocycles. The number of fused-ring (bicyclic) bond motifs is 1. The number of allylic oxidation sites excluding steroid dienone is 2. The predicted molar refractivity (Wildman–Crippen MR) is 143 cm³/mol. The summed E-state index contributed by atoms with van der Waals surface area (Å²) < 4.78 is 11.5. The van der Waals surface area contributed by atoms with E-state index in [0.717, 1.165) is 11.1 Å². The molecule has 8 rings (SSSR count). The van der Waals surface area contributed by atoms with Crippen LogP contribution >= 0.6 is 0 Å². The predicted octanol–water partition coefficient (Wildman–Crippen LogP) is 2.68. The zero-order valence-electron chi connectivity index (χ0n) is 22.1. The molecule has 8 atom stereocenters. The van der Waals surface area contributed by atoms with Crippen molar-refractivity contribution in [3.05, 3.63) is 83.9 Å². The number of hydrogen-bond acceptors (Lipinski definition) is 6. The van der Waals surface area contributed by atoms with E-state index in [2.05, 4.69) is 0 Å². The first-order chi connectivity index (χ1) is 19.6. The second kappa shape index (κ2) is 10.1. The minimum absolute atomic E-state index is 0.0704. The topological polar surface area (TPSA) is 93.2 Å². The highest BCUT2D eigenvalue weighted by Gasteiger charge is 2.74. The van der Waals surface area contributed by atoms with Gasteiger partial charge in [-0.2, -0.15) is 0 Å². The van der Waals surface area contributed by atoms with E-state index in [1.807, 2.05) is 72.8 Å². The van der Waals surface area contributed by atoms with Crippen molar-refractivity contribution in [2.75, 3.05) is 26.3 Å². The zero-order valence-corrected chi connectivity index (χ0v) is 22.1. The van der Waals surface area contributed by atoms with E-state index in [1.54, 1.807) is 0 Å². The maximum Gasteiger partial charge on any atom is 0.233 e. The Bertz CT molecular complexity index is 1300. The molecule has 4 aliphatic carbocycles. The second-order valence-electron chi connectivity index (χ2n) is 11.5.